The van der Waals surface area contributed by atoms with Crippen LogP contribution < -0.4 is 11.1 Å². The molecule has 0 aromatic heterocycles. The number of nitrogens with two attached hydrogens (primary N) is 1. The molecular weight excluding hydrogens is 314 g/mol. The Morgan fingerprint density at radius 1 is 1.30 bits per heavy atom. The van der Waals surface area contributed by atoms with Crippen molar-refractivity contribution < 1.29 is 9.59 Å². The molecule has 23 heavy (non-hydrogen) atoms. The van der Waals surface area contributed by atoms with Crippen LogP contribution in [0.2, 0.25) is 0 Å². The SMILES string of the molecule is CC(C)[C@H](N)C(=O)NCC(=O)N1CCC(c2ccccc2)C1.Cl. The summed E-state index contributed by atoms with van der Waals surface area (Å²) in [4.78, 5) is 25.8. The van der Waals surface area contributed by atoms with Gasteiger partial charge in [-0.1, -0.05) is 44.2 Å². The molecule has 0 spiro atoms. The van der Waals surface area contributed by atoms with Crippen LogP contribution in [0, 0.1) is 5.92 Å². The fourth-order valence-corrected chi connectivity index (χ4v) is 2.68. The van der Waals surface area contributed by atoms with Crippen molar-refractivity contribution in [2.75, 3.05) is 19.6 Å². The first-order valence-electron chi connectivity index (χ1n) is 7.85. The van der Waals surface area contributed by atoms with Crippen LogP contribution in [0.4, 0.5) is 0 Å². The molecule has 5 nitrogen and oxygen atoms in total. The predicted molar refractivity (Wildman–Crippen MR) is 93.5 cm³/mol. The maximum Gasteiger partial charge on any atom is 0.241 e. The molecule has 1 aliphatic heterocycles. The van der Waals surface area contributed by atoms with Crippen LogP contribution in [0.5, 0.6) is 0 Å². The molecule has 2 amide bonds. The Labute approximate surface area is 144 Å². The number of hydrogen-bond acceptors (Lipinski definition) is 3. The molecule has 0 saturated carbocycles. The van der Waals surface area contributed by atoms with Crippen molar-refractivity contribution in [1.29, 1.82) is 0 Å². The van der Waals surface area contributed by atoms with Crippen molar-refractivity contribution >= 4 is 24.2 Å². The summed E-state index contributed by atoms with van der Waals surface area (Å²) in [6.07, 6.45) is 0.967. The van der Waals surface area contributed by atoms with Gasteiger partial charge >= 0.3 is 0 Å². The van der Waals surface area contributed by atoms with E-state index in [2.05, 4.69) is 17.4 Å². The number of halogens is 1. The third kappa shape index (κ3) is 5.22. The molecule has 6 heteroatoms. The summed E-state index contributed by atoms with van der Waals surface area (Å²) in [5.41, 5.74) is 7.03. The van der Waals surface area contributed by atoms with Gasteiger partial charge in [-0.3, -0.25) is 9.59 Å². The van der Waals surface area contributed by atoms with Gasteiger partial charge in [-0.25, -0.2) is 0 Å². The minimum absolute atomic E-state index is 0. The number of nitrogens with zero attached hydrogens (tertiary/aromatic N) is 1. The van der Waals surface area contributed by atoms with Crippen LogP contribution in [0.3, 0.4) is 0 Å². The van der Waals surface area contributed by atoms with E-state index < -0.39 is 6.04 Å². The third-order valence-electron chi connectivity index (χ3n) is 4.25. The Balaban J connectivity index is 0.00000264. The Morgan fingerprint density at radius 2 is 1.96 bits per heavy atom. The zero-order valence-corrected chi connectivity index (χ0v) is 14.5. The molecule has 0 aliphatic carbocycles. The van der Waals surface area contributed by atoms with Gasteiger partial charge in [0, 0.05) is 19.0 Å². The number of hydrogen-bond donors (Lipinski definition) is 2. The summed E-state index contributed by atoms with van der Waals surface area (Å²) in [7, 11) is 0. The highest BCUT2D eigenvalue weighted by Gasteiger charge is 2.27. The summed E-state index contributed by atoms with van der Waals surface area (Å²) >= 11 is 0. The normalized spacial score (nSPS) is 18.4. The highest BCUT2D eigenvalue weighted by atomic mass is 35.5. The van der Waals surface area contributed by atoms with Crippen molar-refractivity contribution in [3.8, 4) is 0 Å². The van der Waals surface area contributed by atoms with Gasteiger partial charge in [0.1, 0.15) is 0 Å². The smallest absolute Gasteiger partial charge is 0.241 e. The standard InChI is InChI=1S/C17H25N3O2.ClH/c1-12(2)16(18)17(22)19-10-15(21)20-9-8-14(11-20)13-6-4-3-5-7-13;/h3-7,12,14,16H,8-11,18H2,1-2H3,(H,19,22);1H/t14?,16-;/m0./s1. The van der Waals surface area contributed by atoms with Gasteiger partial charge < -0.3 is 16.0 Å². The quantitative estimate of drug-likeness (QED) is 0.854. The van der Waals surface area contributed by atoms with E-state index >= 15 is 0 Å². The monoisotopic (exact) mass is 339 g/mol. The molecule has 128 valence electrons. The van der Waals surface area contributed by atoms with E-state index in [1.807, 2.05) is 36.9 Å². The van der Waals surface area contributed by atoms with Gasteiger partial charge in [0.25, 0.3) is 0 Å². The van der Waals surface area contributed by atoms with Gasteiger partial charge in [0.2, 0.25) is 11.8 Å². The number of amides is 2. The average molecular weight is 340 g/mol. The number of likely N-dealkylation sites (tertiary alicyclic amines) is 1. The number of benzene rings is 1. The molecule has 1 unspecified atom stereocenters. The van der Waals surface area contributed by atoms with Crippen molar-refractivity contribution in [1.82, 2.24) is 10.2 Å². The summed E-state index contributed by atoms with van der Waals surface area (Å²) in [5, 5.41) is 2.64. The van der Waals surface area contributed by atoms with Gasteiger partial charge in [0.05, 0.1) is 12.6 Å². The highest BCUT2D eigenvalue weighted by Crippen LogP contribution is 2.26. The second-order valence-electron chi connectivity index (χ2n) is 6.22. The molecule has 0 radical (unpaired) electrons. The first-order chi connectivity index (χ1) is 10.5. The van der Waals surface area contributed by atoms with Crippen LogP contribution in [0.15, 0.2) is 30.3 Å². The zero-order valence-electron chi connectivity index (χ0n) is 13.7. The summed E-state index contributed by atoms with van der Waals surface area (Å²) in [6, 6.07) is 9.67. The van der Waals surface area contributed by atoms with E-state index in [1.54, 1.807) is 0 Å². The van der Waals surface area contributed by atoms with Crippen LogP contribution in [-0.2, 0) is 9.59 Å². The Bertz CT molecular complexity index is 522. The Hall–Kier alpha value is -1.59. The highest BCUT2D eigenvalue weighted by molar-refractivity contribution is 5.87. The van der Waals surface area contributed by atoms with Gasteiger partial charge in [-0.2, -0.15) is 0 Å². The molecule has 1 aromatic rings. The second-order valence-corrected chi connectivity index (χ2v) is 6.22. The predicted octanol–water partition coefficient (Wildman–Crippen LogP) is 1.52. The van der Waals surface area contributed by atoms with Crippen LogP contribution >= 0.6 is 12.4 Å². The maximum atomic E-state index is 12.2. The minimum Gasteiger partial charge on any atom is -0.346 e. The summed E-state index contributed by atoms with van der Waals surface area (Å²) in [5.74, 6) is 0.146. The molecule has 2 rings (SSSR count). The number of carbonyl (C=O) groups excluding carboxylic acids is 2. The molecule has 1 aromatic carbocycles. The van der Waals surface area contributed by atoms with Crippen molar-refractivity contribution in [2.24, 2.45) is 11.7 Å². The second kappa shape index (κ2) is 8.89. The van der Waals surface area contributed by atoms with Gasteiger partial charge in [-0.15, -0.1) is 12.4 Å². The van der Waals surface area contributed by atoms with E-state index in [9.17, 15) is 9.59 Å². The average Bonchev–Trinajstić information content (AvgIpc) is 3.02. The fraction of sp³-hybridized carbons (Fsp3) is 0.529. The summed E-state index contributed by atoms with van der Waals surface area (Å²) < 4.78 is 0. The third-order valence-corrected chi connectivity index (χ3v) is 4.25. The largest absolute Gasteiger partial charge is 0.346 e. The zero-order chi connectivity index (χ0) is 16.1. The minimum atomic E-state index is -0.566. The summed E-state index contributed by atoms with van der Waals surface area (Å²) in [6.45, 7) is 5.26. The molecule has 2 atom stereocenters. The molecule has 3 N–H and O–H groups in total. The van der Waals surface area contributed by atoms with E-state index in [0.717, 1.165) is 19.5 Å². The van der Waals surface area contributed by atoms with E-state index in [1.165, 1.54) is 5.56 Å². The lowest BCUT2D eigenvalue weighted by Gasteiger charge is -2.19. The molecule has 1 heterocycles. The van der Waals surface area contributed by atoms with E-state index in [4.69, 9.17) is 5.73 Å². The molecule has 1 aliphatic rings. The van der Waals surface area contributed by atoms with Crippen molar-refractivity contribution in [3.63, 3.8) is 0 Å². The van der Waals surface area contributed by atoms with Crippen LogP contribution in [-0.4, -0.2) is 42.4 Å². The van der Waals surface area contributed by atoms with Crippen molar-refractivity contribution in [3.05, 3.63) is 35.9 Å². The fourth-order valence-electron chi connectivity index (χ4n) is 2.68. The maximum absolute atomic E-state index is 12.2. The van der Waals surface area contributed by atoms with Crippen molar-refractivity contribution in [2.45, 2.75) is 32.2 Å². The van der Waals surface area contributed by atoms with Crippen LogP contribution in [0.25, 0.3) is 0 Å². The lowest BCUT2D eigenvalue weighted by molar-refractivity contribution is -0.132. The van der Waals surface area contributed by atoms with Gasteiger partial charge in [0.15, 0.2) is 0 Å². The van der Waals surface area contributed by atoms with Gasteiger partial charge in [-0.05, 0) is 17.9 Å². The van der Waals surface area contributed by atoms with E-state index in [-0.39, 0.29) is 36.7 Å². The lowest BCUT2D eigenvalue weighted by Crippen LogP contribution is -2.47. The molecular formula is C17H26ClN3O2. The molecule has 1 saturated heterocycles. The number of rotatable bonds is 5. The lowest BCUT2D eigenvalue weighted by atomic mass is 9.99. The Morgan fingerprint density at radius 3 is 2.57 bits per heavy atom. The van der Waals surface area contributed by atoms with E-state index in [0.29, 0.717) is 5.92 Å². The number of nitrogens with one attached hydrogen (secondary N) is 1. The number of carbonyl (C=O) groups is 2. The topological polar surface area (TPSA) is 75.4 Å². The molecule has 0 bridgehead atoms. The first-order valence-corrected chi connectivity index (χ1v) is 7.85. The first kappa shape index (κ1) is 19.5. The molecule has 1 fully saturated rings. The van der Waals surface area contributed by atoms with Crippen LogP contribution in [0.1, 0.15) is 31.7 Å². The Kier molecular flexibility index (Phi) is 7.52.